The van der Waals surface area contributed by atoms with Crippen molar-refractivity contribution in [3.05, 3.63) is 29.8 Å². The maximum Gasteiger partial charge on any atom is 0.271 e. The smallest absolute Gasteiger partial charge is 0.271 e. The van der Waals surface area contributed by atoms with E-state index in [9.17, 15) is 4.79 Å². The number of nitrogens with one attached hydrogen (secondary N) is 2. The number of nitrogens with zero attached hydrogens (tertiary/aromatic N) is 4. The zero-order chi connectivity index (χ0) is 13.7. The summed E-state index contributed by atoms with van der Waals surface area (Å²) in [6.07, 6.45) is 2.92. The number of aromatic nitrogens is 4. The average molecular weight is 262 g/mol. The van der Waals surface area contributed by atoms with Crippen LogP contribution in [0.5, 0.6) is 0 Å². The molecular formula is C11H14N6O2. The lowest BCUT2D eigenvalue weighted by molar-refractivity contribution is 0.0941. The van der Waals surface area contributed by atoms with Crippen molar-refractivity contribution < 1.29 is 9.32 Å². The Morgan fingerprint density at radius 1 is 1.37 bits per heavy atom. The maximum absolute atomic E-state index is 11.8. The van der Waals surface area contributed by atoms with E-state index in [0.29, 0.717) is 17.5 Å². The second-order valence-electron chi connectivity index (χ2n) is 3.74. The van der Waals surface area contributed by atoms with E-state index in [-0.39, 0.29) is 18.1 Å². The standard InChI is InChI=1S/C11H14N6O2/c1-3-12-9-5-13-8(4-14-9)11(18)15-6-10-16-7(2)17-19-10/h4-5H,3,6H2,1-2H3,(H,12,14)(H,15,18). The molecule has 8 heteroatoms. The van der Waals surface area contributed by atoms with Crippen molar-refractivity contribution in [1.82, 2.24) is 25.4 Å². The van der Waals surface area contributed by atoms with E-state index in [2.05, 4.69) is 30.7 Å². The molecule has 0 bridgehead atoms. The molecule has 2 aromatic rings. The quantitative estimate of drug-likeness (QED) is 0.809. The Kier molecular flexibility index (Phi) is 4.01. The summed E-state index contributed by atoms with van der Waals surface area (Å²) in [6, 6.07) is 0. The molecule has 2 aromatic heterocycles. The Balaban J connectivity index is 1.92. The summed E-state index contributed by atoms with van der Waals surface area (Å²) < 4.78 is 4.88. The molecule has 8 nitrogen and oxygen atoms in total. The molecule has 0 aromatic carbocycles. The summed E-state index contributed by atoms with van der Waals surface area (Å²) in [5.41, 5.74) is 0.234. The van der Waals surface area contributed by atoms with Crippen molar-refractivity contribution in [2.75, 3.05) is 11.9 Å². The number of amides is 1. The van der Waals surface area contributed by atoms with E-state index < -0.39 is 0 Å². The average Bonchev–Trinajstić information content (AvgIpc) is 2.83. The Morgan fingerprint density at radius 3 is 2.79 bits per heavy atom. The SMILES string of the molecule is CCNc1cnc(C(=O)NCc2nc(C)no2)cn1. The van der Waals surface area contributed by atoms with Crippen LogP contribution in [0.2, 0.25) is 0 Å². The van der Waals surface area contributed by atoms with Crippen LogP contribution in [-0.2, 0) is 6.54 Å². The van der Waals surface area contributed by atoms with E-state index >= 15 is 0 Å². The van der Waals surface area contributed by atoms with Crippen LogP contribution in [-0.4, -0.2) is 32.6 Å². The highest BCUT2D eigenvalue weighted by atomic mass is 16.5. The largest absolute Gasteiger partial charge is 0.369 e. The zero-order valence-corrected chi connectivity index (χ0v) is 10.7. The molecule has 0 atom stereocenters. The molecule has 19 heavy (non-hydrogen) atoms. The fourth-order valence-corrected chi connectivity index (χ4v) is 1.38. The number of hydrogen-bond donors (Lipinski definition) is 2. The highest BCUT2D eigenvalue weighted by Crippen LogP contribution is 2.01. The van der Waals surface area contributed by atoms with E-state index in [0.717, 1.165) is 6.54 Å². The highest BCUT2D eigenvalue weighted by molar-refractivity contribution is 5.91. The van der Waals surface area contributed by atoms with Gasteiger partial charge < -0.3 is 15.2 Å². The predicted octanol–water partition coefficient (Wildman–Crippen LogP) is 0.530. The first-order chi connectivity index (χ1) is 9.19. The number of carbonyl (C=O) groups is 1. The molecule has 0 saturated heterocycles. The van der Waals surface area contributed by atoms with Crippen molar-refractivity contribution in [2.24, 2.45) is 0 Å². The van der Waals surface area contributed by atoms with Gasteiger partial charge in [-0.05, 0) is 13.8 Å². The van der Waals surface area contributed by atoms with Gasteiger partial charge in [0.05, 0.1) is 18.9 Å². The number of carbonyl (C=O) groups excluding carboxylic acids is 1. The molecule has 100 valence electrons. The lowest BCUT2D eigenvalue weighted by Gasteiger charge is -2.03. The summed E-state index contributed by atoms with van der Waals surface area (Å²) in [4.78, 5) is 23.8. The molecule has 1 amide bonds. The van der Waals surface area contributed by atoms with Gasteiger partial charge in [0.25, 0.3) is 5.91 Å². The minimum atomic E-state index is -0.341. The molecular weight excluding hydrogens is 248 g/mol. The van der Waals surface area contributed by atoms with Crippen LogP contribution in [0.3, 0.4) is 0 Å². The van der Waals surface area contributed by atoms with Gasteiger partial charge in [0.15, 0.2) is 5.82 Å². The van der Waals surface area contributed by atoms with Crippen LogP contribution in [0.15, 0.2) is 16.9 Å². The molecule has 0 fully saturated rings. The number of aryl methyl sites for hydroxylation is 1. The third kappa shape index (κ3) is 3.47. The number of anilines is 1. The van der Waals surface area contributed by atoms with E-state index in [1.807, 2.05) is 6.92 Å². The Labute approximate surface area is 109 Å². The van der Waals surface area contributed by atoms with Crippen LogP contribution < -0.4 is 10.6 Å². The van der Waals surface area contributed by atoms with Gasteiger partial charge in [-0.15, -0.1) is 0 Å². The fourth-order valence-electron chi connectivity index (χ4n) is 1.38. The lowest BCUT2D eigenvalue weighted by atomic mass is 10.4. The first-order valence-corrected chi connectivity index (χ1v) is 5.82. The molecule has 0 unspecified atom stereocenters. The van der Waals surface area contributed by atoms with Gasteiger partial charge in [0.2, 0.25) is 5.89 Å². The third-order valence-corrected chi connectivity index (χ3v) is 2.21. The summed E-state index contributed by atoms with van der Waals surface area (Å²) in [6.45, 7) is 4.57. The molecule has 2 N–H and O–H groups in total. The second-order valence-corrected chi connectivity index (χ2v) is 3.74. The summed E-state index contributed by atoms with van der Waals surface area (Å²) in [5.74, 6) is 1.17. The molecule has 0 saturated carbocycles. The van der Waals surface area contributed by atoms with Gasteiger partial charge in [-0.2, -0.15) is 4.98 Å². The van der Waals surface area contributed by atoms with Crippen molar-refractivity contribution in [3.8, 4) is 0 Å². The monoisotopic (exact) mass is 262 g/mol. The zero-order valence-electron chi connectivity index (χ0n) is 10.7. The molecule has 0 spiro atoms. The highest BCUT2D eigenvalue weighted by Gasteiger charge is 2.10. The van der Waals surface area contributed by atoms with E-state index in [4.69, 9.17) is 4.52 Å². The van der Waals surface area contributed by atoms with Crippen LogP contribution in [0.25, 0.3) is 0 Å². The van der Waals surface area contributed by atoms with Crippen LogP contribution in [0, 0.1) is 6.92 Å². The Hall–Kier alpha value is -2.51. The van der Waals surface area contributed by atoms with Crippen molar-refractivity contribution >= 4 is 11.7 Å². The van der Waals surface area contributed by atoms with E-state index in [1.165, 1.54) is 12.4 Å². The first-order valence-electron chi connectivity index (χ1n) is 5.82. The molecule has 0 aliphatic carbocycles. The summed E-state index contributed by atoms with van der Waals surface area (Å²) in [7, 11) is 0. The molecule has 0 aliphatic rings. The second kappa shape index (κ2) is 5.89. The molecule has 0 radical (unpaired) electrons. The number of rotatable bonds is 5. The van der Waals surface area contributed by atoms with Crippen molar-refractivity contribution in [1.29, 1.82) is 0 Å². The van der Waals surface area contributed by atoms with E-state index in [1.54, 1.807) is 6.92 Å². The molecule has 2 rings (SSSR count). The fraction of sp³-hybridized carbons (Fsp3) is 0.364. The third-order valence-electron chi connectivity index (χ3n) is 2.21. The van der Waals surface area contributed by atoms with Crippen LogP contribution in [0.1, 0.15) is 29.1 Å². The van der Waals surface area contributed by atoms with Gasteiger partial charge in [-0.25, -0.2) is 9.97 Å². The number of hydrogen-bond acceptors (Lipinski definition) is 7. The topological polar surface area (TPSA) is 106 Å². The predicted molar refractivity (Wildman–Crippen MR) is 66.4 cm³/mol. The van der Waals surface area contributed by atoms with Crippen molar-refractivity contribution in [2.45, 2.75) is 20.4 Å². The summed E-state index contributed by atoms with van der Waals surface area (Å²) in [5, 5.41) is 9.24. The summed E-state index contributed by atoms with van der Waals surface area (Å²) >= 11 is 0. The van der Waals surface area contributed by atoms with Crippen LogP contribution >= 0.6 is 0 Å². The first kappa shape index (κ1) is 12.9. The van der Waals surface area contributed by atoms with Crippen molar-refractivity contribution in [3.63, 3.8) is 0 Å². The van der Waals surface area contributed by atoms with Gasteiger partial charge >= 0.3 is 0 Å². The Bertz CT molecular complexity index is 551. The van der Waals surface area contributed by atoms with Crippen LogP contribution in [0.4, 0.5) is 5.82 Å². The minimum absolute atomic E-state index is 0.163. The van der Waals surface area contributed by atoms with Gasteiger partial charge in [-0.1, -0.05) is 5.16 Å². The maximum atomic E-state index is 11.8. The lowest BCUT2D eigenvalue weighted by Crippen LogP contribution is -2.24. The minimum Gasteiger partial charge on any atom is -0.369 e. The van der Waals surface area contributed by atoms with Gasteiger partial charge in [-0.3, -0.25) is 4.79 Å². The molecule has 0 aliphatic heterocycles. The molecule has 2 heterocycles. The Morgan fingerprint density at radius 2 is 2.21 bits per heavy atom. The van der Waals surface area contributed by atoms with Gasteiger partial charge in [0, 0.05) is 6.54 Å². The van der Waals surface area contributed by atoms with Gasteiger partial charge in [0.1, 0.15) is 11.5 Å². The normalized spacial score (nSPS) is 10.2.